The third-order valence-electron chi connectivity index (χ3n) is 4.62. The molecule has 1 saturated carbocycles. The standard InChI is InChI=1S/C19H20O3/c1-20-12-18-21-17-11-10-15-14-7-5-3-2-4-6-13(14)8-9-16(15)19(17)22-18/h2-7,10-11,16,18-19H,8-9,12H2,1H3. The minimum atomic E-state index is -0.278. The van der Waals surface area contributed by atoms with Gasteiger partial charge >= 0.3 is 0 Å². The Balaban J connectivity index is 1.65. The first kappa shape index (κ1) is 13.8. The second kappa shape index (κ2) is 5.75. The summed E-state index contributed by atoms with van der Waals surface area (Å²) in [6.45, 7) is 0.470. The van der Waals surface area contributed by atoms with Gasteiger partial charge in [-0.15, -0.1) is 0 Å². The highest BCUT2D eigenvalue weighted by Gasteiger charge is 2.43. The predicted molar refractivity (Wildman–Crippen MR) is 85.0 cm³/mol. The number of fused-ring (bicyclic) bond motifs is 5. The molecule has 1 heterocycles. The molecule has 1 saturated heterocycles. The van der Waals surface area contributed by atoms with Gasteiger partial charge in [0.15, 0.2) is 0 Å². The van der Waals surface area contributed by atoms with Crippen LogP contribution in [0, 0.1) is 5.92 Å². The van der Waals surface area contributed by atoms with E-state index in [1.165, 1.54) is 16.7 Å². The first-order chi connectivity index (χ1) is 10.9. The van der Waals surface area contributed by atoms with Crippen LogP contribution in [-0.4, -0.2) is 26.1 Å². The highest BCUT2D eigenvalue weighted by atomic mass is 16.7. The van der Waals surface area contributed by atoms with Crippen molar-refractivity contribution in [1.82, 2.24) is 0 Å². The lowest BCUT2D eigenvalue weighted by Gasteiger charge is -2.34. The summed E-state index contributed by atoms with van der Waals surface area (Å²) in [5.41, 5.74) is 4.12. The maximum atomic E-state index is 6.08. The lowest BCUT2D eigenvalue weighted by atomic mass is 9.72. The van der Waals surface area contributed by atoms with Crippen LogP contribution in [-0.2, 0) is 14.2 Å². The second-order valence-corrected chi connectivity index (χ2v) is 5.94. The van der Waals surface area contributed by atoms with Gasteiger partial charge in [-0.05, 0) is 35.6 Å². The Morgan fingerprint density at radius 1 is 1.09 bits per heavy atom. The Bertz CT molecular complexity index is 646. The maximum absolute atomic E-state index is 6.08. The van der Waals surface area contributed by atoms with Crippen LogP contribution in [0.3, 0.4) is 0 Å². The number of allylic oxidation sites excluding steroid dienone is 10. The van der Waals surface area contributed by atoms with E-state index in [4.69, 9.17) is 14.2 Å². The van der Waals surface area contributed by atoms with E-state index in [9.17, 15) is 0 Å². The number of ether oxygens (including phenoxy) is 3. The van der Waals surface area contributed by atoms with Crippen LogP contribution < -0.4 is 0 Å². The Hall–Kier alpha value is -1.84. The van der Waals surface area contributed by atoms with E-state index in [0.29, 0.717) is 12.5 Å². The van der Waals surface area contributed by atoms with Gasteiger partial charge in [0.1, 0.15) is 18.5 Å². The molecule has 114 valence electrons. The van der Waals surface area contributed by atoms with Gasteiger partial charge in [-0.1, -0.05) is 42.5 Å². The van der Waals surface area contributed by atoms with Gasteiger partial charge in [0.2, 0.25) is 6.29 Å². The van der Waals surface area contributed by atoms with Gasteiger partial charge in [0, 0.05) is 13.0 Å². The van der Waals surface area contributed by atoms with Crippen molar-refractivity contribution in [3.63, 3.8) is 0 Å². The van der Waals surface area contributed by atoms with Crippen LogP contribution in [0.25, 0.3) is 0 Å². The van der Waals surface area contributed by atoms with Crippen molar-refractivity contribution in [3.05, 3.63) is 71.1 Å². The first-order valence-corrected chi connectivity index (χ1v) is 7.84. The van der Waals surface area contributed by atoms with Crippen LogP contribution in [0.2, 0.25) is 0 Å². The molecule has 3 unspecified atom stereocenters. The molecule has 0 spiro atoms. The van der Waals surface area contributed by atoms with Crippen LogP contribution in [0.1, 0.15) is 12.8 Å². The first-order valence-electron chi connectivity index (χ1n) is 7.84. The second-order valence-electron chi connectivity index (χ2n) is 5.94. The average molecular weight is 296 g/mol. The third-order valence-corrected chi connectivity index (χ3v) is 4.62. The highest BCUT2D eigenvalue weighted by molar-refractivity contribution is 5.56. The number of hydrogen-bond acceptors (Lipinski definition) is 3. The van der Waals surface area contributed by atoms with Gasteiger partial charge < -0.3 is 14.2 Å². The van der Waals surface area contributed by atoms with Gasteiger partial charge in [0.05, 0.1) is 0 Å². The molecular formula is C19H20O3. The summed E-state index contributed by atoms with van der Waals surface area (Å²) in [5, 5.41) is 0. The van der Waals surface area contributed by atoms with Gasteiger partial charge in [-0.2, -0.15) is 0 Å². The van der Waals surface area contributed by atoms with Crippen LogP contribution in [0.5, 0.6) is 0 Å². The topological polar surface area (TPSA) is 27.7 Å². The molecule has 1 aliphatic heterocycles. The largest absolute Gasteiger partial charge is 0.464 e. The summed E-state index contributed by atoms with van der Waals surface area (Å²) in [6, 6.07) is 0. The minimum Gasteiger partial charge on any atom is -0.464 e. The van der Waals surface area contributed by atoms with Crippen molar-refractivity contribution in [2.45, 2.75) is 25.2 Å². The van der Waals surface area contributed by atoms with E-state index < -0.39 is 0 Å². The average Bonchev–Trinajstić information content (AvgIpc) is 2.90. The molecule has 0 bridgehead atoms. The molecule has 0 aromatic heterocycles. The van der Waals surface area contributed by atoms with Crippen LogP contribution >= 0.6 is 0 Å². The molecule has 0 radical (unpaired) electrons. The smallest absolute Gasteiger partial charge is 0.223 e. The van der Waals surface area contributed by atoms with Crippen LogP contribution in [0.15, 0.2) is 71.1 Å². The van der Waals surface area contributed by atoms with Crippen molar-refractivity contribution in [1.29, 1.82) is 0 Å². The van der Waals surface area contributed by atoms with E-state index >= 15 is 0 Å². The van der Waals surface area contributed by atoms with Crippen LogP contribution in [0.4, 0.5) is 0 Å². The van der Waals surface area contributed by atoms with E-state index in [1.807, 2.05) is 0 Å². The molecule has 3 heteroatoms. The molecule has 0 aromatic rings. The molecule has 3 atom stereocenters. The lowest BCUT2D eigenvalue weighted by molar-refractivity contribution is -0.0982. The third kappa shape index (κ3) is 2.31. The molecule has 3 aliphatic carbocycles. The summed E-state index contributed by atoms with van der Waals surface area (Å²) in [6.07, 6.45) is 19.0. The zero-order valence-electron chi connectivity index (χ0n) is 12.7. The molecule has 0 N–H and O–H groups in total. The lowest BCUT2D eigenvalue weighted by Crippen LogP contribution is -2.30. The van der Waals surface area contributed by atoms with E-state index in [2.05, 4.69) is 48.6 Å². The van der Waals surface area contributed by atoms with E-state index in [1.54, 1.807) is 7.11 Å². The predicted octanol–water partition coefficient (Wildman–Crippen LogP) is 3.59. The maximum Gasteiger partial charge on any atom is 0.223 e. The van der Waals surface area contributed by atoms with Gasteiger partial charge in [0.25, 0.3) is 0 Å². The molecule has 0 amide bonds. The summed E-state index contributed by atoms with van der Waals surface area (Å²) in [5.74, 6) is 1.33. The molecular weight excluding hydrogens is 276 g/mol. The molecule has 3 nitrogen and oxygen atoms in total. The SMILES string of the molecule is COCC1OC2=CC=C3C4=CC=CC=CC=C4CCC3C2O1. The molecule has 0 aromatic carbocycles. The van der Waals surface area contributed by atoms with E-state index in [0.717, 1.165) is 18.6 Å². The Kier molecular flexibility index (Phi) is 3.60. The molecule has 4 rings (SSSR count). The normalized spacial score (nSPS) is 32.3. The minimum absolute atomic E-state index is 0.0348. The van der Waals surface area contributed by atoms with Crippen molar-refractivity contribution < 1.29 is 14.2 Å². The fraction of sp³-hybridized carbons (Fsp3) is 0.368. The van der Waals surface area contributed by atoms with Crippen molar-refractivity contribution in [3.8, 4) is 0 Å². The zero-order chi connectivity index (χ0) is 14.9. The highest BCUT2D eigenvalue weighted by Crippen LogP contribution is 2.46. The summed E-state index contributed by atoms with van der Waals surface area (Å²) in [4.78, 5) is 0. The molecule has 2 fully saturated rings. The van der Waals surface area contributed by atoms with Crippen molar-refractivity contribution in [2.24, 2.45) is 5.92 Å². The molecule has 4 aliphatic rings. The fourth-order valence-corrected chi connectivity index (χ4v) is 3.63. The Morgan fingerprint density at radius 3 is 2.82 bits per heavy atom. The van der Waals surface area contributed by atoms with Crippen molar-refractivity contribution in [2.75, 3.05) is 13.7 Å². The summed E-state index contributed by atoms with van der Waals surface area (Å²) < 4.78 is 17.1. The summed E-state index contributed by atoms with van der Waals surface area (Å²) >= 11 is 0. The monoisotopic (exact) mass is 296 g/mol. The number of rotatable bonds is 2. The van der Waals surface area contributed by atoms with Gasteiger partial charge in [-0.25, -0.2) is 0 Å². The Morgan fingerprint density at radius 2 is 1.95 bits per heavy atom. The van der Waals surface area contributed by atoms with Gasteiger partial charge in [-0.3, -0.25) is 0 Å². The number of methoxy groups -OCH3 is 1. The van der Waals surface area contributed by atoms with Crippen molar-refractivity contribution >= 4 is 0 Å². The zero-order valence-corrected chi connectivity index (χ0v) is 12.7. The summed E-state index contributed by atoms with van der Waals surface area (Å²) in [7, 11) is 1.67. The Labute approximate surface area is 130 Å². The number of hydrogen-bond donors (Lipinski definition) is 0. The quantitative estimate of drug-likeness (QED) is 0.779. The fourth-order valence-electron chi connectivity index (χ4n) is 3.63. The van der Waals surface area contributed by atoms with E-state index in [-0.39, 0.29) is 12.4 Å². The molecule has 22 heavy (non-hydrogen) atoms.